The number of carbonyl (C=O) groups excluding carboxylic acids is 1. The smallest absolute Gasteiger partial charge is 0.353 e. The predicted molar refractivity (Wildman–Crippen MR) is 104 cm³/mol. The summed E-state index contributed by atoms with van der Waals surface area (Å²) in [5.74, 6) is 0. The lowest BCUT2D eigenvalue weighted by Gasteiger charge is -2.16. The van der Waals surface area contributed by atoms with Gasteiger partial charge in [-0.25, -0.2) is 13.2 Å². The molecule has 0 fully saturated rings. The third-order valence-electron chi connectivity index (χ3n) is 3.99. The van der Waals surface area contributed by atoms with E-state index in [-0.39, 0.29) is 5.69 Å². The summed E-state index contributed by atoms with van der Waals surface area (Å²) in [6, 6.07) is 11.2. The Morgan fingerprint density at radius 3 is 2.54 bits per heavy atom. The molecule has 2 amide bonds. The number of sulfone groups is 1. The van der Waals surface area contributed by atoms with Crippen molar-refractivity contribution in [1.29, 1.82) is 0 Å². The minimum Gasteiger partial charge on any atom is -0.361 e. The van der Waals surface area contributed by atoms with Gasteiger partial charge < -0.3 is 15.6 Å². The van der Waals surface area contributed by atoms with Crippen molar-refractivity contribution < 1.29 is 22.0 Å². The van der Waals surface area contributed by atoms with E-state index >= 15 is 0 Å². The lowest BCUT2D eigenvalue weighted by Crippen LogP contribution is -2.28. The van der Waals surface area contributed by atoms with Crippen molar-refractivity contribution in [2.45, 2.75) is 16.6 Å². The zero-order chi connectivity index (χ0) is 20.4. The van der Waals surface area contributed by atoms with Crippen LogP contribution in [0.2, 0.25) is 0 Å². The van der Waals surface area contributed by atoms with Gasteiger partial charge in [0.2, 0.25) is 9.84 Å². The van der Waals surface area contributed by atoms with Crippen molar-refractivity contribution in [3.63, 3.8) is 0 Å². The lowest BCUT2D eigenvalue weighted by atomic mass is 10.2. The second-order valence-electron chi connectivity index (χ2n) is 6.02. The van der Waals surface area contributed by atoms with Crippen LogP contribution in [0.4, 0.5) is 25.0 Å². The average molecular weight is 405 g/mol. The molecule has 146 valence electrons. The molecule has 9 heteroatoms. The van der Waals surface area contributed by atoms with Gasteiger partial charge in [-0.1, -0.05) is 12.1 Å². The molecule has 0 saturated carbocycles. The number of benzene rings is 2. The number of halogens is 2. The highest BCUT2D eigenvalue weighted by atomic mass is 32.2. The van der Waals surface area contributed by atoms with Crippen molar-refractivity contribution in [1.82, 2.24) is 4.98 Å². The molecule has 0 radical (unpaired) electrons. The maximum absolute atomic E-state index is 13.9. The molecule has 0 spiro atoms. The molecule has 3 rings (SSSR count). The van der Waals surface area contributed by atoms with Crippen LogP contribution in [0.1, 0.15) is 6.42 Å². The highest BCUT2D eigenvalue weighted by Gasteiger charge is 2.44. The number of amides is 2. The number of alkyl halides is 2. The van der Waals surface area contributed by atoms with Crippen LogP contribution in [0.15, 0.2) is 72.3 Å². The Morgan fingerprint density at radius 1 is 1.11 bits per heavy atom. The molecule has 1 aromatic heterocycles. The molecule has 0 saturated heterocycles. The number of urea groups is 1. The van der Waals surface area contributed by atoms with Gasteiger partial charge in [0.05, 0.1) is 4.90 Å². The number of nitrogens with one attached hydrogen (secondary N) is 3. The minimum absolute atomic E-state index is 0.0655. The molecule has 3 N–H and O–H groups in total. The van der Waals surface area contributed by atoms with Crippen molar-refractivity contribution in [3.8, 4) is 0 Å². The van der Waals surface area contributed by atoms with Gasteiger partial charge in [0.1, 0.15) is 0 Å². The number of rotatable bonds is 6. The van der Waals surface area contributed by atoms with Gasteiger partial charge in [0.15, 0.2) is 0 Å². The highest BCUT2D eigenvalue weighted by Crippen LogP contribution is 2.33. The molecule has 2 aromatic carbocycles. The second kappa shape index (κ2) is 7.43. The summed E-state index contributed by atoms with van der Waals surface area (Å²) in [5.41, 5.74) is 1.49. The van der Waals surface area contributed by atoms with E-state index in [4.69, 9.17) is 0 Å². The van der Waals surface area contributed by atoms with Gasteiger partial charge in [-0.15, -0.1) is 6.58 Å². The first-order valence-electron chi connectivity index (χ1n) is 8.21. The van der Waals surface area contributed by atoms with Crippen LogP contribution in [-0.4, -0.2) is 24.7 Å². The fourth-order valence-electron chi connectivity index (χ4n) is 2.62. The van der Waals surface area contributed by atoms with E-state index in [0.29, 0.717) is 5.69 Å². The largest absolute Gasteiger partial charge is 0.361 e. The number of carbonyl (C=O) groups is 1. The van der Waals surface area contributed by atoms with Crippen molar-refractivity contribution >= 4 is 38.1 Å². The van der Waals surface area contributed by atoms with Crippen LogP contribution in [0.3, 0.4) is 0 Å². The molecule has 1 heterocycles. The van der Waals surface area contributed by atoms with Crippen molar-refractivity contribution in [2.24, 2.45) is 0 Å². The molecule has 0 aliphatic carbocycles. The Hall–Kier alpha value is -3.20. The van der Waals surface area contributed by atoms with Gasteiger partial charge in [-0.05, 0) is 42.5 Å². The zero-order valence-electron chi connectivity index (χ0n) is 14.6. The average Bonchev–Trinajstić information content (AvgIpc) is 3.09. The first kappa shape index (κ1) is 19.6. The maximum atomic E-state index is 13.9. The number of allylic oxidation sites excluding steroid dienone is 1. The van der Waals surface area contributed by atoms with Crippen molar-refractivity contribution in [2.75, 3.05) is 10.6 Å². The molecule has 3 aromatic rings. The highest BCUT2D eigenvalue weighted by molar-refractivity contribution is 7.92. The second-order valence-corrected chi connectivity index (χ2v) is 8.10. The van der Waals surface area contributed by atoms with Gasteiger partial charge in [-0.2, -0.15) is 8.78 Å². The van der Waals surface area contributed by atoms with E-state index in [2.05, 4.69) is 22.2 Å². The van der Waals surface area contributed by atoms with Crippen LogP contribution >= 0.6 is 0 Å². The third-order valence-corrected chi connectivity index (χ3v) is 5.82. The number of aromatic nitrogens is 1. The number of anilines is 2. The van der Waals surface area contributed by atoms with Crippen molar-refractivity contribution in [3.05, 3.63) is 67.4 Å². The number of aromatic amines is 1. The molecule has 0 aliphatic heterocycles. The van der Waals surface area contributed by atoms with Crippen LogP contribution in [0.25, 0.3) is 10.9 Å². The Kier molecular flexibility index (Phi) is 5.19. The van der Waals surface area contributed by atoms with E-state index in [1.807, 2.05) is 6.07 Å². The van der Waals surface area contributed by atoms with E-state index in [9.17, 15) is 22.0 Å². The Bertz CT molecular complexity index is 1140. The molecular weight excluding hydrogens is 388 g/mol. The van der Waals surface area contributed by atoms with Gasteiger partial charge in [-0.3, -0.25) is 0 Å². The standard InChI is InChI=1S/C19H17F2N3O3S/c1-2-9-19(20,21)28(26,27)16-5-3-4-14(12-16)23-18(25)24-15-6-7-17-13(11-15)8-10-22-17/h2-8,10-12,22H,1,9H2,(H2,23,24,25). The summed E-state index contributed by atoms with van der Waals surface area (Å²) in [7, 11) is -4.92. The quantitative estimate of drug-likeness (QED) is 0.517. The first-order chi connectivity index (χ1) is 13.2. The number of hydrogen-bond acceptors (Lipinski definition) is 3. The normalized spacial score (nSPS) is 11.9. The van der Waals surface area contributed by atoms with Crippen LogP contribution in [0.5, 0.6) is 0 Å². The monoisotopic (exact) mass is 405 g/mol. The molecule has 6 nitrogen and oxygen atoms in total. The summed E-state index contributed by atoms with van der Waals surface area (Å²) in [6.45, 7) is 3.15. The molecule has 0 aliphatic rings. The van der Waals surface area contributed by atoms with Crippen LogP contribution in [0, 0.1) is 0 Å². The van der Waals surface area contributed by atoms with E-state index < -0.39 is 32.4 Å². The maximum Gasteiger partial charge on any atom is 0.353 e. The summed E-state index contributed by atoms with van der Waals surface area (Å²) in [6.07, 6.45) is 1.60. The SMILES string of the molecule is C=CCC(F)(F)S(=O)(=O)c1cccc(NC(=O)Nc2ccc3[nH]ccc3c2)c1. The summed E-state index contributed by atoms with van der Waals surface area (Å²) < 4.78 is 52.1. The summed E-state index contributed by atoms with van der Waals surface area (Å²) >= 11 is 0. The minimum atomic E-state index is -4.92. The Morgan fingerprint density at radius 2 is 1.82 bits per heavy atom. The van der Waals surface area contributed by atoms with E-state index in [1.165, 1.54) is 12.1 Å². The molecule has 28 heavy (non-hydrogen) atoms. The summed E-state index contributed by atoms with van der Waals surface area (Å²) in [4.78, 5) is 14.6. The Labute approximate surface area is 160 Å². The Balaban J connectivity index is 1.76. The van der Waals surface area contributed by atoms with E-state index in [0.717, 1.165) is 29.1 Å². The fourth-order valence-corrected chi connectivity index (χ4v) is 3.84. The fraction of sp³-hybridized carbons (Fsp3) is 0.105. The number of H-pyrrole nitrogens is 1. The number of hydrogen-bond donors (Lipinski definition) is 3. The number of fused-ring (bicyclic) bond motifs is 1. The summed E-state index contributed by atoms with van der Waals surface area (Å²) in [5, 5.41) is 1.96. The third kappa shape index (κ3) is 3.89. The molecule has 0 unspecified atom stereocenters. The van der Waals surface area contributed by atoms with Crippen LogP contribution < -0.4 is 10.6 Å². The molecule has 0 atom stereocenters. The first-order valence-corrected chi connectivity index (χ1v) is 9.70. The van der Waals surface area contributed by atoms with Gasteiger partial charge in [0, 0.05) is 34.9 Å². The van der Waals surface area contributed by atoms with Crippen LogP contribution in [-0.2, 0) is 9.84 Å². The predicted octanol–water partition coefficient (Wildman–Crippen LogP) is 4.75. The molecule has 0 bridgehead atoms. The zero-order valence-corrected chi connectivity index (χ0v) is 15.4. The molecular formula is C19H17F2N3O3S. The van der Waals surface area contributed by atoms with Gasteiger partial charge >= 0.3 is 11.3 Å². The van der Waals surface area contributed by atoms with Gasteiger partial charge in [0.25, 0.3) is 0 Å². The van der Waals surface area contributed by atoms with E-state index in [1.54, 1.807) is 24.4 Å². The lowest BCUT2D eigenvalue weighted by molar-refractivity contribution is 0.0956. The topological polar surface area (TPSA) is 91.1 Å².